The van der Waals surface area contributed by atoms with Crippen LogP contribution in [0, 0.1) is 0 Å². The average Bonchev–Trinajstić information content (AvgIpc) is 2.82. The first-order chi connectivity index (χ1) is 17.7. The number of ether oxygens (including phenoxy) is 2. The van der Waals surface area contributed by atoms with Gasteiger partial charge in [0.05, 0.1) is 12.7 Å². The van der Waals surface area contributed by atoms with Gasteiger partial charge in [0, 0.05) is 17.3 Å². The first-order valence-electron chi connectivity index (χ1n) is 11.3. The van der Waals surface area contributed by atoms with Crippen LogP contribution < -0.4 is 20.9 Å². The summed E-state index contributed by atoms with van der Waals surface area (Å²) in [5.74, 6) is -4.00. The Morgan fingerprint density at radius 2 is 1.84 bits per heavy atom. The Morgan fingerprint density at radius 1 is 1.21 bits per heavy atom. The molecule has 4 N–H and O–H groups in total. The maximum atomic E-state index is 15.8. The summed E-state index contributed by atoms with van der Waals surface area (Å²) in [4.78, 5) is 37.6. The monoisotopic (exact) mass is 581 g/mol. The molecule has 2 rings (SSSR count). The highest BCUT2D eigenvalue weighted by molar-refractivity contribution is 7.52. The molecule has 1 aromatic heterocycles. The molecular weight excluding hydrogens is 552 g/mol. The molecule has 1 heterocycles. The molecule has 0 aliphatic rings. The third-order valence-corrected chi connectivity index (χ3v) is 6.68. The summed E-state index contributed by atoms with van der Waals surface area (Å²) in [5, 5.41) is 22.5. The summed E-state index contributed by atoms with van der Waals surface area (Å²) in [6.07, 6.45) is -3.23. The van der Waals surface area contributed by atoms with Crippen LogP contribution in [0.15, 0.2) is 46.1 Å². The molecule has 0 spiro atoms. The van der Waals surface area contributed by atoms with Crippen molar-refractivity contribution in [2.24, 2.45) is 0 Å². The fraction of sp³-hybridized carbons (Fsp3) is 0.500. The van der Waals surface area contributed by atoms with Crippen LogP contribution in [0.5, 0.6) is 5.75 Å². The molecule has 16 heteroatoms. The van der Waals surface area contributed by atoms with Gasteiger partial charge in [0.1, 0.15) is 24.5 Å². The van der Waals surface area contributed by atoms with E-state index in [1.807, 2.05) is 4.98 Å². The van der Waals surface area contributed by atoms with Crippen LogP contribution in [0.1, 0.15) is 33.9 Å². The third-order valence-electron chi connectivity index (χ3n) is 4.80. The van der Waals surface area contributed by atoms with Crippen LogP contribution in [0.3, 0.4) is 0 Å². The van der Waals surface area contributed by atoms with Crippen molar-refractivity contribution in [3.8, 4) is 5.75 Å². The van der Waals surface area contributed by atoms with Crippen molar-refractivity contribution in [2.75, 3.05) is 13.2 Å². The number of aromatic amines is 1. The number of nitrogens with zero attached hydrogens (tertiary/aromatic N) is 1. The van der Waals surface area contributed by atoms with Gasteiger partial charge in [-0.15, -0.1) is 0 Å². The van der Waals surface area contributed by atoms with E-state index in [-0.39, 0.29) is 5.75 Å². The van der Waals surface area contributed by atoms with Crippen molar-refractivity contribution in [2.45, 2.75) is 58.0 Å². The van der Waals surface area contributed by atoms with Gasteiger partial charge in [-0.2, -0.15) is 5.09 Å². The highest BCUT2D eigenvalue weighted by atomic mass is 35.5. The molecule has 38 heavy (non-hydrogen) atoms. The molecule has 0 radical (unpaired) electrons. The number of carbonyl (C=O) groups excluding carboxylic acids is 1. The Bertz CT molecular complexity index is 1240. The minimum atomic E-state index is -4.59. The Morgan fingerprint density at radius 3 is 2.37 bits per heavy atom. The van der Waals surface area contributed by atoms with Crippen LogP contribution in [0.2, 0.25) is 5.02 Å². The van der Waals surface area contributed by atoms with Crippen molar-refractivity contribution in [3.63, 3.8) is 0 Å². The normalized spacial score (nSPS) is 17.2. The average molecular weight is 582 g/mol. The van der Waals surface area contributed by atoms with Gasteiger partial charge in [-0.3, -0.25) is 23.7 Å². The highest BCUT2D eigenvalue weighted by Gasteiger charge is 2.44. The number of esters is 1. The second kappa shape index (κ2) is 13.5. The molecule has 2 aromatic rings. The fourth-order valence-corrected chi connectivity index (χ4v) is 4.47. The van der Waals surface area contributed by atoms with E-state index >= 15 is 4.39 Å². The van der Waals surface area contributed by atoms with E-state index in [0.717, 1.165) is 19.2 Å². The van der Waals surface area contributed by atoms with Gasteiger partial charge in [-0.05, 0) is 52.0 Å². The molecule has 0 aliphatic heterocycles. The predicted molar refractivity (Wildman–Crippen MR) is 134 cm³/mol. The summed E-state index contributed by atoms with van der Waals surface area (Å²) in [6.45, 7) is 3.28. The second-order valence-corrected chi connectivity index (χ2v) is 10.5. The van der Waals surface area contributed by atoms with Gasteiger partial charge in [-0.1, -0.05) is 11.6 Å². The number of rotatable bonds is 14. The van der Waals surface area contributed by atoms with Crippen molar-refractivity contribution < 1.29 is 42.5 Å². The number of alkyl halides is 1. The van der Waals surface area contributed by atoms with Gasteiger partial charge in [0.2, 0.25) is 0 Å². The maximum Gasteiger partial charge on any atom is 0.459 e. The number of aliphatic hydroxyl groups is 2. The summed E-state index contributed by atoms with van der Waals surface area (Å²) in [6, 6.07) is 5.21. The predicted octanol–water partition coefficient (Wildman–Crippen LogP) is 1.88. The number of aromatic nitrogens is 2. The number of benzene rings is 1. The summed E-state index contributed by atoms with van der Waals surface area (Å²) < 4.78 is 51.0. The molecule has 5 atom stereocenters. The number of hydrogen-bond donors (Lipinski definition) is 4. The highest BCUT2D eigenvalue weighted by Crippen LogP contribution is 2.46. The topological polar surface area (TPSA) is 178 Å². The van der Waals surface area contributed by atoms with Gasteiger partial charge in [0.15, 0.2) is 6.23 Å². The number of aliphatic hydroxyl groups excluding tert-OH is 2. The van der Waals surface area contributed by atoms with E-state index in [9.17, 15) is 29.2 Å². The largest absolute Gasteiger partial charge is 0.462 e. The Labute approximate surface area is 222 Å². The minimum absolute atomic E-state index is 0.0230. The number of carbonyl (C=O) groups is 1. The van der Waals surface area contributed by atoms with Crippen molar-refractivity contribution in [1.29, 1.82) is 0 Å². The molecule has 13 nitrogen and oxygen atoms in total. The van der Waals surface area contributed by atoms with E-state index in [1.54, 1.807) is 13.8 Å². The Kier molecular flexibility index (Phi) is 11.2. The van der Waals surface area contributed by atoms with Crippen molar-refractivity contribution in [3.05, 3.63) is 62.4 Å². The smallest absolute Gasteiger partial charge is 0.459 e. The fourth-order valence-electron chi connectivity index (χ4n) is 2.84. The molecule has 1 aromatic carbocycles. The zero-order chi connectivity index (χ0) is 28.7. The first-order valence-corrected chi connectivity index (χ1v) is 13.2. The molecule has 0 saturated carbocycles. The zero-order valence-electron chi connectivity index (χ0n) is 21.0. The molecule has 0 bridgehead atoms. The zero-order valence-corrected chi connectivity index (χ0v) is 22.6. The van der Waals surface area contributed by atoms with Gasteiger partial charge < -0.3 is 24.2 Å². The van der Waals surface area contributed by atoms with E-state index in [0.29, 0.717) is 9.59 Å². The van der Waals surface area contributed by atoms with E-state index < -0.39 is 68.5 Å². The molecular formula is C22H30ClFN3O10P. The summed E-state index contributed by atoms with van der Waals surface area (Å²) in [7, 11) is -4.59. The lowest BCUT2D eigenvalue weighted by molar-refractivity contribution is -0.264. The van der Waals surface area contributed by atoms with Crippen molar-refractivity contribution >= 4 is 25.3 Å². The van der Waals surface area contributed by atoms with Crippen LogP contribution in [0.25, 0.3) is 0 Å². The lowest BCUT2D eigenvalue weighted by Crippen LogP contribution is -2.48. The summed E-state index contributed by atoms with van der Waals surface area (Å²) in [5.41, 5.74) is -1.77. The molecule has 2 unspecified atom stereocenters. The molecule has 0 aliphatic carbocycles. The molecule has 0 saturated heterocycles. The SMILES string of the molecule is CC(C)OC(=O)C(C)NP(=O)(OC[C@@](F)(O[C@H](CO)n1ccc(=O)[nH]c1=O)[C@H](C)O)Oc1ccc(Cl)cc1. The van der Waals surface area contributed by atoms with Crippen LogP contribution in [-0.4, -0.2) is 63.1 Å². The van der Waals surface area contributed by atoms with Crippen LogP contribution in [-0.2, 0) is 23.4 Å². The summed E-state index contributed by atoms with van der Waals surface area (Å²) >= 11 is 5.85. The lowest BCUT2D eigenvalue weighted by Gasteiger charge is -2.33. The number of halogens is 2. The maximum absolute atomic E-state index is 15.8. The minimum Gasteiger partial charge on any atom is -0.462 e. The van der Waals surface area contributed by atoms with Crippen LogP contribution >= 0.6 is 19.3 Å². The molecule has 0 fully saturated rings. The Balaban J connectivity index is 2.33. The van der Waals surface area contributed by atoms with Crippen LogP contribution in [0.4, 0.5) is 4.39 Å². The van der Waals surface area contributed by atoms with E-state index in [4.69, 9.17) is 30.1 Å². The van der Waals surface area contributed by atoms with E-state index in [1.165, 1.54) is 31.2 Å². The van der Waals surface area contributed by atoms with Gasteiger partial charge in [0.25, 0.3) is 11.4 Å². The number of nitrogens with one attached hydrogen (secondary N) is 2. The number of hydrogen-bond acceptors (Lipinski definition) is 10. The Hall–Kier alpha value is -2.58. The number of H-pyrrole nitrogens is 1. The van der Waals surface area contributed by atoms with Gasteiger partial charge >= 0.3 is 19.4 Å². The molecule has 0 amide bonds. The van der Waals surface area contributed by atoms with Gasteiger partial charge in [-0.25, -0.2) is 13.8 Å². The second-order valence-electron chi connectivity index (χ2n) is 8.39. The third kappa shape index (κ3) is 9.02. The van der Waals surface area contributed by atoms with E-state index in [2.05, 4.69) is 5.09 Å². The van der Waals surface area contributed by atoms with Crippen molar-refractivity contribution in [1.82, 2.24) is 14.6 Å². The molecule has 212 valence electrons. The quantitative estimate of drug-likeness (QED) is 0.189. The first kappa shape index (κ1) is 31.6. The lowest BCUT2D eigenvalue weighted by atomic mass is 10.2. The standard InChI is InChI=1S/C22H30ClFN3O10P/c1-13(2)35-20(31)14(3)26-38(33,37-17-7-5-16(23)6-8-17)34-12-22(24,15(4)29)36-19(11-28)27-10-9-18(30)25-21(27)32/h5-10,13-15,19,28-29H,11-12H2,1-4H3,(H,26,33)(H,25,30,32)/t14?,15-,19+,22+,38?/m0/s1.